The Kier molecular flexibility index (Phi) is 4.45. The molecule has 2 N–H and O–H groups in total. The Morgan fingerprint density at radius 3 is 2.45 bits per heavy atom. The van der Waals surface area contributed by atoms with Gasteiger partial charge in [0.1, 0.15) is 23.4 Å². The number of carboxylic acid groups (broad SMARTS) is 1. The molecule has 0 heterocycles. The highest BCUT2D eigenvalue weighted by Gasteiger charge is 2.38. The summed E-state index contributed by atoms with van der Waals surface area (Å²) in [6, 6.07) is 5.41. The zero-order valence-electron chi connectivity index (χ0n) is 11.4. The van der Waals surface area contributed by atoms with E-state index in [0.717, 1.165) is 6.07 Å². The number of rotatable bonds is 3. The number of carbonyl (C=O) groups is 2. The zero-order chi connectivity index (χ0) is 15.5. The van der Waals surface area contributed by atoms with E-state index in [4.69, 9.17) is 10.4 Å². The van der Waals surface area contributed by atoms with E-state index >= 15 is 0 Å². The molecule has 5 nitrogen and oxygen atoms in total. The van der Waals surface area contributed by atoms with Crippen LogP contribution in [-0.4, -0.2) is 17.0 Å². The summed E-state index contributed by atoms with van der Waals surface area (Å²) in [6.45, 7) is 4.84. The van der Waals surface area contributed by atoms with Crippen LogP contribution < -0.4 is 5.32 Å². The average Bonchev–Trinajstić information content (AvgIpc) is 2.26. The molecule has 0 fully saturated rings. The third kappa shape index (κ3) is 3.32. The largest absolute Gasteiger partial charge is 0.481 e. The molecular weight excluding hydrogens is 263 g/mol. The Morgan fingerprint density at radius 1 is 1.40 bits per heavy atom. The predicted molar refractivity (Wildman–Crippen MR) is 70.3 cm³/mol. The Bertz CT molecular complexity index is 585. The first kappa shape index (κ1) is 15.6. The highest BCUT2D eigenvalue weighted by molar-refractivity contribution is 6.05. The summed E-state index contributed by atoms with van der Waals surface area (Å²) in [5.41, 5.74) is -1.16. The second kappa shape index (κ2) is 5.70. The van der Waals surface area contributed by atoms with Crippen molar-refractivity contribution in [1.29, 1.82) is 5.26 Å². The number of nitriles is 1. The van der Waals surface area contributed by atoms with Crippen LogP contribution in [0.25, 0.3) is 0 Å². The van der Waals surface area contributed by atoms with Crippen LogP contribution in [0.3, 0.4) is 0 Å². The normalized spacial score (nSPS) is 12.3. The molecule has 20 heavy (non-hydrogen) atoms. The topological polar surface area (TPSA) is 90.2 Å². The first-order valence-electron chi connectivity index (χ1n) is 5.90. The number of carboxylic acids is 1. The molecule has 0 aromatic heterocycles. The lowest BCUT2D eigenvalue weighted by Gasteiger charge is -2.26. The van der Waals surface area contributed by atoms with Gasteiger partial charge < -0.3 is 10.4 Å². The summed E-state index contributed by atoms with van der Waals surface area (Å²) < 4.78 is 13.4. The Hall–Kier alpha value is -2.42. The second-order valence-electron chi connectivity index (χ2n) is 5.40. The van der Waals surface area contributed by atoms with Crippen molar-refractivity contribution < 1.29 is 19.1 Å². The van der Waals surface area contributed by atoms with E-state index in [1.807, 2.05) is 0 Å². The van der Waals surface area contributed by atoms with Gasteiger partial charge in [0.25, 0.3) is 0 Å². The van der Waals surface area contributed by atoms with Gasteiger partial charge in [-0.15, -0.1) is 0 Å². The third-order valence-electron chi connectivity index (χ3n) is 2.76. The molecule has 6 heteroatoms. The monoisotopic (exact) mass is 278 g/mol. The number of aliphatic carboxylic acids is 1. The number of nitrogens with one attached hydrogen (secondary N) is 1. The van der Waals surface area contributed by atoms with Crippen LogP contribution in [-0.2, 0) is 9.59 Å². The van der Waals surface area contributed by atoms with Gasteiger partial charge in [-0.1, -0.05) is 26.8 Å². The van der Waals surface area contributed by atoms with Crippen LogP contribution in [0.2, 0.25) is 0 Å². The lowest BCUT2D eigenvalue weighted by molar-refractivity contribution is -0.149. The molecule has 0 radical (unpaired) electrons. The van der Waals surface area contributed by atoms with Crippen LogP contribution in [0.5, 0.6) is 0 Å². The molecule has 1 aromatic carbocycles. The van der Waals surface area contributed by atoms with Crippen LogP contribution in [0, 0.1) is 28.5 Å². The molecule has 0 aliphatic carbocycles. The lowest BCUT2D eigenvalue weighted by Crippen LogP contribution is -2.39. The van der Waals surface area contributed by atoms with Crippen molar-refractivity contribution in [2.75, 3.05) is 5.32 Å². The van der Waals surface area contributed by atoms with E-state index in [2.05, 4.69) is 5.32 Å². The van der Waals surface area contributed by atoms with Crippen molar-refractivity contribution in [1.82, 2.24) is 0 Å². The third-order valence-corrected chi connectivity index (χ3v) is 2.76. The van der Waals surface area contributed by atoms with Gasteiger partial charge in [-0.3, -0.25) is 9.59 Å². The molecule has 1 atom stereocenters. The number of hydrogen-bond donors (Lipinski definition) is 2. The van der Waals surface area contributed by atoms with Gasteiger partial charge in [0.2, 0.25) is 5.91 Å². The average molecular weight is 278 g/mol. The summed E-state index contributed by atoms with van der Waals surface area (Å²) >= 11 is 0. The van der Waals surface area contributed by atoms with Crippen molar-refractivity contribution in [3.8, 4) is 6.07 Å². The molecule has 1 aromatic rings. The van der Waals surface area contributed by atoms with Crippen LogP contribution in [0.1, 0.15) is 26.3 Å². The highest BCUT2D eigenvalue weighted by atomic mass is 19.1. The minimum absolute atomic E-state index is 0.0343. The van der Waals surface area contributed by atoms with Crippen molar-refractivity contribution >= 4 is 17.6 Å². The quantitative estimate of drug-likeness (QED) is 0.830. The van der Waals surface area contributed by atoms with Gasteiger partial charge in [-0.25, -0.2) is 4.39 Å². The number of anilines is 1. The minimum atomic E-state index is -1.31. The summed E-state index contributed by atoms with van der Waals surface area (Å²) in [7, 11) is 0. The lowest BCUT2D eigenvalue weighted by atomic mass is 9.80. The van der Waals surface area contributed by atoms with Crippen LogP contribution in [0.4, 0.5) is 10.1 Å². The summed E-state index contributed by atoms with van der Waals surface area (Å²) in [4.78, 5) is 23.3. The Labute approximate surface area is 116 Å². The molecule has 0 saturated carbocycles. The fourth-order valence-corrected chi connectivity index (χ4v) is 1.82. The van der Waals surface area contributed by atoms with Gasteiger partial charge >= 0.3 is 5.97 Å². The van der Waals surface area contributed by atoms with E-state index in [0.29, 0.717) is 0 Å². The first-order valence-corrected chi connectivity index (χ1v) is 5.90. The Balaban J connectivity index is 3.11. The SMILES string of the molecule is CC(C)(C)C(C(=O)O)C(=O)Nc1cccc(F)c1C#N. The highest BCUT2D eigenvalue weighted by Crippen LogP contribution is 2.28. The number of halogens is 1. The van der Waals surface area contributed by atoms with Crippen molar-refractivity contribution in [2.45, 2.75) is 20.8 Å². The summed E-state index contributed by atoms with van der Waals surface area (Å²) in [6.07, 6.45) is 0. The van der Waals surface area contributed by atoms with Gasteiger partial charge in [0.15, 0.2) is 0 Å². The summed E-state index contributed by atoms with van der Waals surface area (Å²) in [5.74, 6) is -4.14. The smallest absolute Gasteiger partial charge is 0.316 e. The minimum Gasteiger partial charge on any atom is -0.481 e. The van der Waals surface area contributed by atoms with Crippen molar-refractivity contribution in [2.24, 2.45) is 11.3 Å². The molecule has 1 unspecified atom stereocenters. The molecule has 0 bridgehead atoms. The summed E-state index contributed by atoms with van der Waals surface area (Å²) in [5, 5.41) is 20.3. The molecule has 0 spiro atoms. The number of carbonyl (C=O) groups excluding carboxylic acids is 1. The number of amides is 1. The zero-order valence-corrected chi connectivity index (χ0v) is 11.4. The predicted octanol–water partition coefficient (Wildman–Crippen LogP) is 2.38. The van der Waals surface area contributed by atoms with Gasteiger partial charge in [0, 0.05) is 0 Å². The molecule has 0 aliphatic rings. The second-order valence-corrected chi connectivity index (χ2v) is 5.40. The van der Waals surface area contributed by atoms with Crippen LogP contribution >= 0.6 is 0 Å². The fraction of sp³-hybridized carbons (Fsp3) is 0.357. The number of benzene rings is 1. The molecule has 0 saturated heterocycles. The van der Waals surface area contributed by atoms with E-state index in [1.54, 1.807) is 26.8 Å². The van der Waals surface area contributed by atoms with Crippen molar-refractivity contribution in [3.63, 3.8) is 0 Å². The maximum absolute atomic E-state index is 13.4. The first-order chi connectivity index (χ1) is 9.18. The standard InChI is InChI=1S/C14H15FN2O3/c1-14(2,3)11(13(19)20)12(18)17-10-6-4-5-9(15)8(10)7-16/h4-6,11H,1-3H3,(H,17,18)(H,19,20). The van der Waals surface area contributed by atoms with Crippen molar-refractivity contribution in [3.05, 3.63) is 29.6 Å². The number of nitrogens with zero attached hydrogens (tertiary/aromatic N) is 1. The molecule has 106 valence electrons. The number of hydrogen-bond acceptors (Lipinski definition) is 3. The molecule has 0 aliphatic heterocycles. The fourth-order valence-electron chi connectivity index (χ4n) is 1.82. The Morgan fingerprint density at radius 2 is 2.00 bits per heavy atom. The van der Waals surface area contributed by atoms with E-state index in [1.165, 1.54) is 12.1 Å². The molecule has 1 rings (SSSR count). The van der Waals surface area contributed by atoms with Gasteiger partial charge in [-0.05, 0) is 17.5 Å². The molecule has 1 amide bonds. The maximum Gasteiger partial charge on any atom is 0.316 e. The van der Waals surface area contributed by atoms with E-state index < -0.39 is 29.0 Å². The van der Waals surface area contributed by atoms with E-state index in [-0.39, 0.29) is 11.3 Å². The van der Waals surface area contributed by atoms with E-state index in [9.17, 15) is 14.0 Å². The molecular formula is C14H15FN2O3. The van der Waals surface area contributed by atoms with Gasteiger partial charge in [0.05, 0.1) is 5.69 Å². The van der Waals surface area contributed by atoms with Crippen LogP contribution in [0.15, 0.2) is 18.2 Å². The van der Waals surface area contributed by atoms with Gasteiger partial charge in [-0.2, -0.15) is 5.26 Å². The maximum atomic E-state index is 13.4.